The third-order valence-electron chi connectivity index (χ3n) is 4.31. The van der Waals surface area contributed by atoms with Crippen molar-refractivity contribution in [2.24, 2.45) is 5.73 Å². The van der Waals surface area contributed by atoms with Gasteiger partial charge in [-0.25, -0.2) is 4.98 Å². The Bertz CT molecular complexity index is 1020. The molecule has 25 heavy (non-hydrogen) atoms. The summed E-state index contributed by atoms with van der Waals surface area (Å²) in [6, 6.07) is 11.9. The number of nitrogens with two attached hydrogens (primary N) is 1. The number of unbranched alkanes of at least 4 members (excludes halogenated alkanes) is 1. The second-order valence-corrected chi connectivity index (χ2v) is 7.90. The predicted octanol–water partition coefficient (Wildman–Crippen LogP) is 6.03. The average Bonchev–Trinajstić information content (AvgIpc) is 3.16. The van der Waals surface area contributed by atoms with Crippen molar-refractivity contribution in [1.29, 1.82) is 0 Å². The van der Waals surface area contributed by atoms with Crippen LogP contribution in [0.2, 0.25) is 10.0 Å². The summed E-state index contributed by atoms with van der Waals surface area (Å²) in [7, 11) is 0. The van der Waals surface area contributed by atoms with Crippen LogP contribution in [0.4, 0.5) is 0 Å². The molecule has 0 radical (unpaired) electrons. The van der Waals surface area contributed by atoms with Gasteiger partial charge in [0.1, 0.15) is 5.01 Å². The normalized spacial score (nSPS) is 11.6. The summed E-state index contributed by atoms with van der Waals surface area (Å²) in [5.41, 5.74) is 9.87. The molecule has 4 aromatic rings. The molecule has 0 saturated carbocycles. The number of aromatic amines is 1. The van der Waals surface area contributed by atoms with E-state index in [1.165, 1.54) is 10.3 Å². The summed E-state index contributed by atoms with van der Waals surface area (Å²) in [5, 5.41) is 3.32. The lowest BCUT2D eigenvalue weighted by atomic mass is 10.0. The fourth-order valence-corrected chi connectivity index (χ4v) is 4.77. The van der Waals surface area contributed by atoms with Gasteiger partial charge >= 0.3 is 0 Å². The molecule has 0 saturated heterocycles. The van der Waals surface area contributed by atoms with E-state index in [0.29, 0.717) is 16.6 Å². The molecular formula is C19H17Cl2N3S. The quantitative estimate of drug-likeness (QED) is 0.409. The van der Waals surface area contributed by atoms with E-state index in [1.54, 1.807) is 17.4 Å². The van der Waals surface area contributed by atoms with Gasteiger partial charge in [0.25, 0.3) is 0 Å². The van der Waals surface area contributed by atoms with Crippen molar-refractivity contribution in [2.75, 3.05) is 6.54 Å². The van der Waals surface area contributed by atoms with Crippen LogP contribution in [-0.2, 0) is 6.42 Å². The molecule has 0 aliphatic rings. The maximum atomic E-state index is 6.51. The zero-order valence-corrected chi connectivity index (χ0v) is 15.8. The Kier molecular flexibility index (Phi) is 4.69. The molecular weight excluding hydrogens is 373 g/mol. The number of nitrogens with one attached hydrogen (secondary N) is 1. The van der Waals surface area contributed by atoms with Crippen LogP contribution in [-0.4, -0.2) is 16.5 Å². The van der Waals surface area contributed by atoms with Gasteiger partial charge < -0.3 is 10.7 Å². The van der Waals surface area contributed by atoms with E-state index in [-0.39, 0.29) is 0 Å². The summed E-state index contributed by atoms with van der Waals surface area (Å²) < 4.78 is 1.17. The highest BCUT2D eigenvalue weighted by Gasteiger charge is 2.18. The Labute approximate surface area is 159 Å². The molecule has 0 unspecified atom stereocenters. The summed E-state index contributed by atoms with van der Waals surface area (Å²) >= 11 is 14.4. The number of hydrogen-bond donors (Lipinski definition) is 2. The first-order valence-electron chi connectivity index (χ1n) is 8.23. The third kappa shape index (κ3) is 3.15. The summed E-state index contributed by atoms with van der Waals surface area (Å²) in [5.74, 6) is 0. The number of nitrogens with zero attached hydrogens (tertiary/aromatic N) is 1. The predicted molar refractivity (Wildman–Crippen MR) is 109 cm³/mol. The highest BCUT2D eigenvalue weighted by atomic mass is 35.5. The molecule has 0 atom stereocenters. The van der Waals surface area contributed by atoms with E-state index in [4.69, 9.17) is 33.9 Å². The number of aromatic nitrogens is 2. The number of thiazole rings is 1. The van der Waals surface area contributed by atoms with E-state index in [2.05, 4.69) is 11.1 Å². The highest BCUT2D eigenvalue weighted by Crippen LogP contribution is 2.39. The Morgan fingerprint density at radius 3 is 2.76 bits per heavy atom. The van der Waals surface area contributed by atoms with Crippen molar-refractivity contribution in [3.8, 4) is 10.7 Å². The standard InChI is InChI=1S/C19H17Cl2N3S/c20-11-9-13(21)17-12(5-3-4-8-22)18(23-15(17)10-11)19-24-14-6-1-2-7-16(14)25-19/h1-2,6-7,9-10,23H,3-5,8,22H2. The van der Waals surface area contributed by atoms with Gasteiger partial charge in [-0.15, -0.1) is 11.3 Å². The van der Waals surface area contributed by atoms with E-state index < -0.39 is 0 Å². The summed E-state index contributed by atoms with van der Waals surface area (Å²) in [6.45, 7) is 0.693. The first-order chi connectivity index (χ1) is 12.2. The van der Waals surface area contributed by atoms with Gasteiger partial charge in [-0.1, -0.05) is 35.3 Å². The number of para-hydroxylation sites is 1. The van der Waals surface area contributed by atoms with Crippen LogP contribution in [0.15, 0.2) is 36.4 Å². The zero-order chi connectivity index (χ0) is 17.4. The van der Waals surface area contributed by atoms with Gasteiger partial charge in [-0.2, -0.15) is 0 Å². The fraction of sp³-hybridized carbons (Fsp3) is 0.211. The molecule has 0 bridgehead atoms. The van der Waals surface area contributed by atoms with Crippen LogP contribution in [0.1, 0.15) is 18.4 Å². The Morgan fingerprint density at radius 1 is 1.12 bits per heavy atom. The Hall–Kier alpha value is -1.59. The number of benzene rings is 2. The number of H-pyrrole nitrogens is 1. The molecule has 128 valence electrons. The summed E-state index contributed by atoms with van der Waals surface area (Å²) in [4.78, 5) is 8.30. The maximum absolute atomic E-state index is 6.51. The monoisotopic (exact) mass is 389 g/mol. The van der Waals surface area contributed by atoms with Crippen molar-refractivity contribution in [1.82, 2.24) is 9.97 Å². The zero-order valence-electron chi connectivity index (χ0n) is 13.5. The fourth-order valence-electron chi connectivity index (χ4n) is 3.17. The highest BCUT2D eigenvalue weighted by molar-refractivity contribution is 7.21. The molecule has 4 rings (SSSR count). The average molecular weight is 390 g/mol. The lowest BCUT2D eigenvalue weighted by molar-refractivity contribution is 0.748. The minimum Gasteiger partial charge on any atom is -0.352 e. The van der Waals surface area contributed by atoms with Gasteiger partial charge in [0.2, 0.25) is 0 Å². The van der Waals surface area contributed by atoms with Gasteiger partial charge in [-0.3, -0.25) is 0 Å². The molecule has 0 spiro atoms. The van der Waals surface area contributed by atoms with Gasteiger partial charge in [0.15, 0.2) is 0 Å². The lowest BCUT2D eigenvalue weighted by Gasteiger charge is -2.04. The number of halogens is 2. The second-order valence-electron chi connectivity index (χ2n) is 6.02. The Balaban J connectivity index is 1.91. The molecule has 0 amide bonds. The molecule has 6 heteroatoms. The van der Waals surface area contributed by atoms with E-state index >= 15 is 0 Å². The minimum atomic E-state index is 0.628. The van der Waals surface area contributed by atoms with E-state index in [1.807, 2.05) is 24.3 Å². The first-order valence-corrected chi connectivity index (χ1v) is 9.80. The number of rotatable bonds is 5. The van der Waals surface area contributed by atoms with Crippen molar-refractivity contribution < 1.29 is 0 Å². The van der Waals surface area contributed by atoms with Crippen LogP contribution in [0, 0.1) is 0 Å². The third-order valence-corrected chi connectivity index (χ3v) is 5.88. The van der Waals surface area contributed by atoms with E-state index in [9.17, 15) is 0 Å². The van der Waals surface area contributed by atoms with Crippen molar-refractivity contribution >= 4 is 55.7 Å². The second kappa shape index (κ2) is 6.96. The van der Waals surface area contributed by atoms with Gasteiger partial charge in [0, 0.05) is 15.9 Å². The van der Waals surface area contributed by atoms with Gasteiger partial charge in [-0.05, 0) is 55.6 Å². The first kappa shape index (κ1) is 16.9. The molecule has 2 heterocycles. The van der Waals surface area contributed by atoms with E-state index in [0.717, 1.165) is 46.4 Å². The molecule has 0 aliphatic carbocycles. The molecule has 0 fully saturated rings. The lowest BCUT2D eigenvalue weighted by Crippen LogP contribution is -1.99. The SMILES string of the molecule is NCCCCc1c(-c2nc3ccccc3s2)[nH]c2cc(Cl)cc(Cl)c12. The van der Waals surface area contributed by atoms with Crippen LogP contribution in [0.3, 0.4) is 0 Å². The maximum Gasteiger partial charge on any atom is 0.141 e. The number of aryl methyl sites for hydroxylation is 1. The molecule has 2 aromatic carbocycles. The summed E-state index contributed by atoms with van der Waals surface area (Å²) in [6.07, 6.45) is 2.90. The van der Waals surface area contributed by atoms with Crippen LogP contribution >= 0.6 is 34.5 Å². The van der Waals surface area contributed by atoms with Crippen molar-refractivity contribution in [2.45, 2.75) is 19.3 Å². The molecule has 2 aromatic heterocycles. The van der Waals surface area contributed by atoms with Crippen LogP contribution in [0.25, 0.3) is 31.8 Å². The van der Waals surface area contributed by atoms with Crippen molar-refractivity contribution in [3.63, 3.8) is 0 Å². The molecule has 3 nitrogen and oxygen atoms in total. The smallest absolute Gasteiger partial charge is 0.141 e. The van der Waals surface area contributed by atoms with Crippen LogP contribution < -0.4 is 5.73 Å². The number of fused-ring (bicyclic) bond motifs is 2. The van der Waals surface area contributed by atoms with Crippen molar-refractivity contribution in [3.05, 3.63) is 52.0 Å². The minimum absolute atomic E-state index is 0.628. The topological polar surface area (TPSA) is 54.7 Å². The molecule has 0 aliphatic heterocycles. The van der Waals surface area contributed by atoms with Crippen LogP contribution in [0.5, 0.6) is 0 Å². The van der Waals surface area contributed by atoms with Gasteiger partial charge in [0.05, 0.1) is 20.9 Å². The number of hydrogen-bond acceptors (Lipinski definition) is 3. The molecule has 3 N–H and O–H groups in total. The Morgan fingerprint density at radius 2 is 1.96 bits per heavy atom. The largest absolute Gasteiger partial charge is 0.352 e.